The summed E-state index contributed by atoms with van der Waals surface area (Å²) in [6.07, 6.45) is 5.19. The number of nitrogens with zero attached hydrogens (tertiary/aromatic N) is 4. The standard InChI is InChI=1S/C23H32N4O2/c1-3-21-24-19-9-5-6-10-20(19)27(21)18-11-14-25(15-12-18)23(29)17-8-7-13-26(16-17)22(28)4-2/h5-6,9-10,17-18H,3-4,7-8,11-16H2,1-2H3. The zero-order valence-electron chi connectivity index (χ0n) is 17.6. The first-order valence-electron chi connectivity index (χ1n) is 11.1. The molecule has 6 nitrogen and oxygen atoms in total. The minimum absolute atomic E-state index is 0.0314. The molecule has 2 aromatic rings. The number of amides is 2. The van der Waals surface area contributed by atoms with Gasteiger partial charge in [0, 0.05) is 45.1 Å². The number of benzene rings is 1. The Morgan fingerprint density at radius 2 is 1.79 bits per heavy atom. The second-order valence-corrected chi connectivity index (χ2v) is 8.33. The maximum Gasteiger partial charge on any atom is 0.227 e. The molecule has 29 heavy (non-hydrogen) atoms. The lowest BCUT2D eigenvalue weighted by atomic mass is 9.94. The molecule has 0 bridgehead atoms. The quantitative estimate of drug-likeness (QED) is 0.796. The molecule has 0 N–H and O–H groups in total. The van der Waals surface area contributed by atoms with E-state index in [1.807, 2.05) is 22.8 Å². The zero-order chi connectivity index (χ0) is 20.4. The molecule has 6 heteroatoms. The number of piperidine rings is 2. The molecule has 2 aliphatic rings. The maximum atomic E-state index is 13.1. The number of carbonyl (C=O) groups is 2. The van der Waals surface area contributed by atoms with Crippen molar-refractivity contribution in [2.24, 2.45) is 5.92 Å². The lowest BCUT2D eigenvalue weighted by Gasteiger charge is -2.38. The van der Waals surface area contributed by atoms with E-state index >= 15 is 0 Å². The van der Waals surface area contributed by atoms with Crippen molar-refractivity contribution in [1.29, 1.82) is 0 Å². The molecule has 0 radical (unpaired) electrons. The van der Waals surface area contributed by atoms with Gasteiger partial charge in [0.1, 0.15) is 5.82 Å². The van der Waals surface area contributed by atoms with Crippen LogP contribution in [0.5, 0.6) is 0 Å². The van der Waals surface area contributed by atoms with Crippen molar-refractivity contribution in [3.05, 3.63) is 30.1 Å². The molecule has 0 saturated carbocycles. The van der Waals surface area contributed by atoms with Crippen molar-refractivity contribution in [3.63, 3.8) is 0 Å². The Morgan fingerprint density at radius 1 is 1.03 bits per heavy atom. The summed E-state index contributed by atoms with van der Waals surface area (Å²) < 4.78 is 2.40. The van der Waals surface area contributed by atoms with Crippen LogP contribution in [0.1, 0.15) is 57.8 Å². The van der Waals surface area contributed by atoms with Crippen LogP contribution in [0.3, 0.4) is 0 Å². The van der Waals surface area contributed by atoms with E-state index < -0.39 is 0 Å². The Hall–Kier alpha value is -2.37. The fourth-order valence-electron chi connectivity index (χ4n) is 4.98. The first-order valence-corrected chi connectivity index (χ1v) is 11.1. The van der Waals surface area contributed by atoms with Gasteiger partial charge in [0.05, 0.1) is 17.0 Å². The highest BCUT2D eigenvalue weighted by Gasteiger charge is 2.33. The zero-order valence-corrected chi connectivity index (χ0v) is 17.6. The molecule has 1 unspecified atom stereocenters. The van der Waals surface area contributed by atoms with E-state index in [4.69, 9.17) is 4.98 Å². The molecular formula is C23H32N4O2. The number of aromatic nitrogens is 2. The third-order valence-corrected chi connectivity index (χ3v) is 6.55. The van der Waals surface area contributed by atoms with Gasteiger partial charge >= 0.3 is 0 Å². The largest absolute Gasteiger partial charge is 0.342 e. The van der Waals surface area contributed by atoms with Crippen LogP contribution in [0.25, 0.3) is 11.0 Å². The van der Waals surface area contributed by atoms with E-state index in [1.165, 1.54) is 5.52 Å². The molecule has 3 heterocycles. The molecule has 156 valence electrons. The molecule has 2 amide bonds. The van der Waals surface area contributed by atoms with E-state index in [-0.39, 0.29) is 17.7 Å². The maximum absolute atomic E-state index is 13.1. The van der Waals surface area contributed by atoms with Crippen molar-refractivity contribution >= 4 is 22.8 Å². The molecule has 1 aromatic carbocycles. The van der Waals surface area contributed by atoms with Gasteiger partial charge in [-0.3, -0.25) is 9.59 Å². The Morgan fingerprint density at radius 3 is 2.52 bits per heavy atom. The van der Waals surface area contributed by atoms with Gasteiger partial charge in [-0.1, -0.05) is 26.0 Å². The van der Waals surface area contributed by atoms with Gasteiger partial charge in [-0.15, -0.1) is 0 Å². The number of para-hydroxylation sites is 2. The average molecular weight is 397 g/mol. The predicted molar refractivity (Wildman–Crippen MR) is 114 cm³/mol. The molecule has 1 atom stereocenters. The highest BCUT2D eigenvalue weighted by molar-refractivity contribution is 5.81. The number of imidazole rings is 1. The Labute approximate surface area is 172 Å². The number of aryl methyl sites for hydroxylation is 1. The summed E-state index contributed by atoms with van der Waals surface area (Å²) in [6, 6.07) is 8.74. The fraction of sp³-hybridized carbons (Fsp3) is 0.609. The molecule has 2 fully saturated rings. The van der Waals surface area contributed by atoms with E-state index in [0.29, 0.717) is 19.0 Å². The summed E-state index contributed by atoms with van der Waals surface area (Å²) in [5.74, 6) is 1.51. The molecule has 0 aliphatic carbocycles. The predicted octanol–water partition coefficient (Wildman–Crippen LogP) is 3.41. The van der Waals surface area contributed by atoms with Crippen molar-refractivity contribution in [3.8, 4) is 0 Å². The first-order chi connectivity index (χ1) is 14.1. The fourth-order valence-corrected chi connectivity index (χ4v) is 4.98. The summed E-state index contributed by atoms with van der Waals surface area (Å²) in [5.41, 5.74) is 2.26. The molecule has 0 spiro atoms. The second-order valence-electron chi connectivity index (χ2n) is 8.33. The summed E-state index contributed by atoms with van der Waals surface area (Å²) in [7, 11) is 0. The van der Waals surface area contributed by atoms with Gasteiger partial charge in [0.2, 0.25) is 11.8 Å². The van der Waals surface area contributed by atoms with E-state index in [9.17, 15) is 9.59 Å². The highest BCUT2D eigenvalue weighted by Crippen LogP contribution is 2.30. The van der Waals surface area contributed by atoms with Gasteiger partial charge in [-0.2, -0.15) is 0 Å². The third-order valence-electron chi connectivity index (χ3n) is 6.55. The van der Waals surface area contributed by atoms with Crippen LogP contribution >= 0.6 is 0 Å². The molecule has 2 aliphatic heterocycles. The monoisotopic (exact) mass is 396 g/mol. The molecule has 2 saturated heterocycles. The summed E-state index contributed by atoms with van der Waals surface area (Å²) in [4.78, 5) is 33.9. The van der Waals surface area contributed by atoms with Gasteiger partial charge in [-0.05, 0) is 37.8 Å². The van der Waals surface area contributed by atoms with E-state index in [2.05, 4.69) is 29.7 Å². The van der Waals surface area contributed by atoms with Crippen LogP contribution < -0.4 is 0 Å². The second kappa shape index (κ2) is 8.56. The van der Waals surface area contributed by atoms with Crippen LogP contribution in [0.15, 0.2) is 24.3 Å². The topological polar surface area (TPSA) is 58.4 Å². The van der Waals surface area contributed by atoms with E-state index in [0.717, 1.165) is 63.1 Å². The lowest BCUT2D eigenvalue weighted by molar-refractivity contribution is -0.141. The number of hydrogen-bond donors (Lipinski definition) is 0. The average Bonchev–Trinajstić information content (AvgIpc) is 3.17. The molecular weight excluding hydrogens is 364 g/mol. The van der Waals surface area contributed by atoms with Crippen molar-refractivity contribution < 1.29 is 9.59 Å². The highest BCUT2D eigenvalue weighted by atomic mass is 16.2. The van der Waals surface area contributed by atoms with Crippen molar-refractivity contribution in [2.45, 2.75) is 58.4 Å². The van der Waals surface area contributed by atoms with E-state index in [1.54, 1.807) is 0 Å². The molecule has 4 rings (SSSR count). The number of likely N-dealkylation sites (tertiary alicyclic amines) is 2. The Kier molecular flexibility index (Phi) is 5.88. The summed E-state index contributed by atoms with van der Waals surface area (Å²) in [6.45, 7) is 7.02. The van der Waals surface area contributed by atoms with Crippen molar-refractivity contribution in [1.82, 2.24) is 19.4 Å². The molecule has 1 aromatic heterocycles. The number of fused-ring (bicyclic) bond motifs is 1. The Balaban J connectivity index is 1.42. The smallest absolute Gasteiger partial charge is 0.227 e. The minimum atomic E-state index is -0.0314. The van der Waals surface area contributed by atoms with Crippen LogP contribution in [0, 0.1) is 5.92 Å². The lowest BCUT2D eigenvalue weighted by Crippen LogP contribution is -2.48. The normalized spacial score (nSPS) is 21.0. The summed E-state index contributed by atoms with van der Waals surface area (Å²) >= 11 is 0. The Bertz CT molecular complexity index is 882. The van der Waals surface area contributed by atoms with Gasteiger partial charge in [0.15, 0.2) is 0 Å². The minimum Gasteiger partial charge on any atom is -0.342 e. The van der Waals surface area contributed by atoms with Crippen LogP contribution in [0.4, 0.5) is 0 Å². The number of hydrogen-bond acceptors (Lipinski definition) is 3. The number of rotatable bonds is 4. The van der Waals surface area contributed by atoms with Crippen LogP contribution in [-0.4, -0.2) is 57.3 Å². The SMILES string of the molecule is CCC(=O)N1CCCC(C(=O)N2CCC(n3c(CC)nc4ccccc43)CC2)C1. The van der Waals surface area contributed by atoms with Gasteiger partial charge in [-0.25, -0.2) is 4.98 Å². The van der Waals surface area contributed by atoms with Crippen LogP contribution in [0.2, 0.25) is 0 Å². The van der Waals surface area contributed by atoms with Crippen LogP contribution in [-0.2, 0) is 16.0 Å². The first kappa shape index (κ1) is 19.9. The summed E-state index contributed by atoms with van der Waals surface area (Å²) in [5, 5.41) is 0. The van der Waals surface area contributed by atoms with Crippen molar-refractivity contribution in [2.75, 3.05) is 26.2 Å². The van der Waals surface area contributed by atoms with Gasteiger partial charge < -0.3 is 14.4 Å². The third kappa shape index (κ3) is 3.89. The van der Waals surface area contributed by atoms with Gasteiger partial charge in [0.25, 0.3) is 0 Å². The number of carbonyl (C=O) groups excluding carboxylic acids is 2.